The highest BCUT2D eigenvalue weighted by atomic mass is 32.1. The van der Waals surface area contributed by atoms with E-state index < -0.39 is 83.9 Å². The Bertz CT molecular complexity index is 2960. The third-order valence-corrected chi connectivity index (χ3v) is 15.6. The van der Waals surface area contributed by atoms with Gasteiger partial charge in [0.2, 0.25) is 34.7 Å². The van der Waals surface area contributed by atoms with Gasteiger partial charge in [-0.15, -0.1) is 15.3 Å². The number of anilines is 1. The molecular formula is C59H83N13O18S. The van der Waals surface area contributed by atoms with Gasteiger partial charge < -0.3 is 66.7 Å². The van der Waals surface area contributed by atoms with Crippen molar-refractivity contribution in [3.05, 3.63) is 76.6 Å². The molecule has 2 aromatic carbocycles. The standard InChI is InChI=1S/C59H83N13O18S/c1-39-65-67-58(91-39)64-49(76)10-5-7-42-35-72(68-66-42)22-4-3-9-46(55(84)60-21-30-90-32-31-89-29-6-8-45(75)36-69-23-25-70(37-53(80)81)27-28-71(26-24-69)38-54(82)83)61-51(78)34-48(57(87)88)63-52(79)33-47(56(85)86)62-50(77)19-20-59(2,40-11-15-43(73)16-12-40)41-13-17-44(74)18-14-41/h11-18,35,46-48,73-74H,3-10,19-34,36-38H2,1-2H3,(H,60,84)(H,61,78)(H,62,77)(H,63,79)(H,80,81)(H,82,83)(H,85,86)(H,87,88)(H,64,67,76)/t46-,47-,48-/m0/s1. The number of nitrogens with zero attached hydrogens (tertiary/aromatic N) is 8. The van der Waals surface area contributed by atoms with Gasteiger partial charge >= 0.3 is 23.9 Å². The normalized spacial score (nSPS) is 14.4. The summed E-state index contributed by atoms with van der Waals surface area (Å²) >= 11 is 1.26. The number of rotatable bonds is 41. The Morgan fingerprint density at radius 1 is 0.593 bits per heavy atom. The van der Waals surface area contributed by atoms with Crippen molar-refractivity contribution in [1.29, 1.82) is 0 Å². The molecule has 91 heavy (non-hydrogen) atoms. The molecule has 11 N–H and O–H groups in total. The predicted octanol–water partition coefficient (Wildman–Crippen LogP) is 0.759. The number of aromatic hydroxyl groups is 2. The van der Waals surface area contributed by atoms with E-state index in [1.165, 1.54) is 35.6 Å². The average Bonchev–Trinajstić information content (AvgIpc) is 1.75. The number of hydrogen-bond acceptors (Lipinski definition) is 22. The molecule has 1 aliphatic rings. The summed E-state index contributed by atoms with van der Waals surface area (Å²) in [4.78, 5) is 132. The first kappa shape index (κ1) is 73.2. The molecule has 3 atom stereocenters. The smallest absolute Gasteiger partial charge is 0.326 e. The second kappa shape index (κ2) is 38.2. The van der Waals surface area contributed by atoms with Crippen LogP contribution in [0.2, 0.25) is 0 Å². The van der Waals surface area contributed by atoms with Crippen LogP contribution in [0.15, 0.2) is 54.7 Å². The SMILES string of the molecule is Cc1nnc(NC(=O)CCCc2cn(CCCC[C@H](NC(=O)C[C@H](NC(=O)C[C@H](NC(=O)CCC(C)(c3ccc(O)cc3)c3ccc(O)cc3)C(=O)O)C(=O)O)C(=O)NCCOCCOCCCC(=O)CN3CCN(CC(=O)O)CCN(CC(=O)O)CC3)nn2)s1. The number of phenols is 2. The van der Waals surface area contributed by atoms with Crippen LogP contribution in [0.4, 0.5) is 5.13 Å². The van der Waals surface area contributed by atoms with Crippen molar-refractivity contribution in [3.63, 3.8) is 0 Å². The first-order chi connectivity index (χ1) is 43.4. The maximum atomic E-state index is 13.6. The lowest BCUT2D eigenvalue weighted by Gasteiger charge is -2.31. The fourth-order valence-electron chi connectivity index (χ4n) is 9.87. The zero-order valence-electron chi connectivity index (χ0n) is 51.1. The van der Waals surface area contributed by atoms with Gasteiger partial charge in [0, 0.05) is 89.8 Å². The minimum Gasteiger partial charge on any atom is -0.508 e. The molecule has 1 aliphatic heterocycles. The lowest BCUT2D eigenvalue weighted by atomic mass is 9.73. The van der Waals surface area contributed by atoms with Gasteiger partial charge in [0.25, 0.3) is 0 Å². The molecule has 1 saturated heterocycles. The number of carbonyl (C=O) groups is 10. The van der Waals surface area contributed by atoms with E-state index in [0.29, 0.717) is 99.9 Å². The van der Waals surface area contributed by atoms with Crippen molar-refractivity contribution in [2.75, 3.05) is 97.2 Å². The predicted molar refractivity (Wildman–Crippen MR) is 326 cm³/mol. The van der Waals surface area contributed by atoms with E-state index in [-0.39, 0.29) is 108 Å². The van der Waals surface area contributed by atoms with Gasteiger partial charge in [-0.1, -0.05) is 47.7 Å². The number of phenolic OH excluding ortho intramolecular Hbond substituents is 2. The molecule has 0 saturated carbocycles. The third-order valence-electron chi connectivity index (χ3n) is 14.9. The quantitative estimate of drug-likeness (QED) is 0.0273. The fourth-order valence-corrected chi connectivity index (χ4v) is 10.5. The molecule has 5 rings (SSSR count). The van der Waals surface area contributed by atoms with Crippen LogP contribution in [0, 0.1) is 6.92 Å². The molecule has 32 heteroatoms. The summed E-state index contributed by atoms with van der Waals surface area (Å²) in [6.45, 7) is 6.72. The van der Waals surface area contributed by atoms with Crippen LogP contribution in [-0.4, -0.2) is 240 Å². The van der Waals surface area contributed by atoms with E-state index in [4.69, 9.17) is 9.47 Å². The van der Waals surface area contributed by atoms with Crippen molar-refractivity contribution in [2.45, 2.75) is 121 Å². The van der Waals surface area contributed by atoms with Gasteiger partial charge in [-0.2, -0.15) is 0 Å². The van der Waals surface area contributed by atoms with Crippen LogP contribution in [-0.2, 0) is 75.8 Å². The zero-order chi connectivity index (χ0) is 66.3. The Balaban J connectivity index is 1.09. The van der Waals surface area contributed by atoms with Crippen molar-refractivity contribution >= 4 is 75.7 Å². The van der Waals surface area contributed by atoms with Crippen LogP contribution in [0.5, 0.6) is 11.5 Å². The van der Waals surface area contributed by atoms with E-state index >= 15 is 0 Å². The highest BCUT2D eigenvalue weighted by Gasteiger charge is 2.33. The molecule has 1 fully saturated rings. The summed E-state index contributed by atoms with van der Waals surface area (Å²) in [5.74, 6) is -8.92. The molecule has 0 aliphatic carbocycles. The monoisotopic (exact) mass is 1290 g/mol. The molecule has 498 valence electrons. The van der Waals surface area contributed by atoms with E-state index in [2.05, 4.69) is 47.1 Å². The number of benzene rings is 2. The third kappa shape index (κ3) is 27.6. The van der Waals surface area contributed by atoms with E-state index in [0.717, 1.165) is 5.01 Å². The maximum absolute atomic E-state index is 13.6. The number of ketones is 1. The first-order valence-electron chi connectivity index (χ1n) is 29.9. The van der Waals surface area contributed by atoms with E-state index in [1.54, 1.807) is 51.9 Å². The second-order valence-corrected chi connectivity index (χ2v) is 23.3. The van der Waals surface area contributed by atoms with Crippen LogP contribution in [0.3, 0.4) is 0 Å². The molecule has 4 aromatic rings. The highest BCUT2D eigenvalue weighted by molar-refractivity contribution is 7.15. The largest absolute Gasteiger partial charge is 0.508 e. The molecule has 0 radical (unpaired) electrons. The lowest BCUT2D eigenvalue weighted by Crippen LogP contribution is -2.51. The molecule has 0 bridgehead atoms. The lowest BCUT2D eigenvalue weighted by molar-refractivity contribution is -0.145. The molecule has 0 unspecified atom stereocenters. The van der Waals surface area contributed by atoms with Crippen molar-refractivity contribution in [2.24, 2.45) is 0 Å². The number of carboxylic acids is 4. The zero-order valence-corrected chi connectivity index (χ0v) is 51.9. The number of Topliss-reactive ketones (excluding diaryl/α,β-unsaturated/α-hetero) is 1. The van der Waals surface area contributed by atoms with Crippen LogP contribution >= 0.6 is 11.3 Å². The molecule has 3 heterocycles. The van der Waals surface area contributed by atoms with E-state index in [9.17, 15) is 78.6 Å². The van der Waals surface area contributed by atoms with Crippen molar-refractivity contribution in [3.8, 4) is 11.5 Å². The number of aromatic nitrogens is 5. The second-order valence-electron chi connectivity index (χ2n) is 22.1. The number of aliphatic carboxylic acids is 4. The minimum absolute atomic E-state index is 0.00518. The van der Waals surface area contributed by atoms with Gasteiger partial charge in [0.05, 0.1) is 58.0 Å². The Hall–Kier alpha value is -8.56. The van der Waals surface area contributed by atoms with Gasteiger partial charge in [-0.25, -0.2) is 9.59 Å². The highest BCUT2D eigenvalue weighted by Crippen LogP contribution is 2.38. The molecule has 2 aromatic heterocycles. The Morgan fingerprint density at radius 2 is 1.12 bits per heavy atom. The number of carboxylic acid groups (broad SMARTS) is 4. The number of hydrogen-bond donors (Lipinski definition) is 11. The summed E-state index contributed by atoms with van der Waals surface area (Å²) in [5, 5.41) is 88.2. The van der Waals surface area contributed by atoms with Crippen LogP contribution in [0.1, 0.15) is 99.4 Å². The minimum atomic E-state index is -1.89. The fraction of sp³-hybridized carbons (Fsp3) is 0.559. The number of unbranched alkanes of at least 4 members (excludes halogenated alkanes) is 1. The molecule has 0 spiro atoms. The summed E-state index contributed by atoms with van der Waals surface area (Å²) in [6.07, 6.45) is 2.53. The Morgan fingerprint density at radius 3 is 1.65 bits per heavy atom. The molecule has 5 amide bonds. The van der Waals surface area contributed by atoms with Crippen molar-refractivity contribution in [1.82, 2.24) is 61.2 Å². The van der Waals surface area contributed by atoms with Crippen LogP contribution < -0.4 is 26.6 Å². The number of carbonyl (C=O) groups excluding carboxylic acids is 6. The number of aryl methyl sites for hydroxylation is 3. The van der Waals surface area contributed by atoms with Gasteiger partial charge in [-0.05, 0) is 87.3 Å². The van der Waals surface area contributed by atoms with Gasteiger partial charge in [-0.3, -0.25) is 57.7 Å². The average molecular weight is 1290 g/mol. The number of amides is 5. The number of ether oxygens (including phenoxy) is 2. The van der Waals surface area contributed by atoms with Gasteiger partial charge in [0.15, 0.2) is 0 Å². The van der Waals surface area contributed by atoms with E-state index in [1.807, 2.05) is 11.8 Å². The van der Waals surface area contributed by atoms with Crippen molar-refractivity contribution < 1.29 is 88.1 Å². The van der Waals surface area contributed by atoms with Gasteiger partial charge in [0.1, 0.15) is 40.4 Å². The molecule has 31 nitrogen and oxygen atoms in total. The summed E-state index contributed by atoms with van der Waals surface area (Å²) in [7, 11) is 0. The molecular weight excluding hydrogens is 1210 g/mol. The summed E-state index contributed by atoms with van der Waals surface area (Å²) < 4.78 is 12.9. The first-order valence-corrected chi connectivity index (χ1v) is 30.7. The summed E-state index contributed by atoms with van der Waals surface area (Å²) in [5.41, 5.74) is 1.18. The summed E-state index contributed by atoms with van der Waals surface area (Å²) in [6, 6.07) is 7.67. The maximum Gasteiger partial charge on any atom is 0.326 e. The Labute approximate surface area is 529 Å². The topological polar surface area (TPSA) is 437 Å². The van der Waals surface area contributed by atoms with Crippen LogP contribution in [0.25, 0.3) is 0 Å². The number of nitrogens with one attached hydrogen (secondary N) is 5. The Kier molecular flexibility index (Phi) is 30.7.